The predicted octanol–water partition coefficient (Wildman–Crippen LogP) is 2.30. The number of amides is 1. The molecule has 2 heterocycles. The Morgan fingerprint density at radius 1 is 1.12 bits per heavy atom. The van der Waals surface area contributed by atoms with Crippen LogP contribution < -0.4 is 16.1 Å². The summed E-state index contributed by atoms with van der Waals surface area (Å²) in [5, 5.41) is 1.77. The van der Waals surface area contributed by atoms with Gasteiger partial charge in [-0.1, -0.05) is 25.1 Å². The van der Waals surface area contributed by atoms with Gasteiger partial charge in [0.15, 0.2) is 0 Å². The second-order valence-corrected chi connectivity index (χ2v) is 6.66. The first-order valence-corrected chi connectivity index (χ1v) is 8.95. The molecule has 0 aliphatic heterocycles. The Labute approximate surface area is 148 Å². The summed E-state index contributed by atoms with van der Waals surface area (Å²) in [6, 6.07) is 11.0. The number of hydrogen-bond acceptors (Lipinski definition) is 4. The van der Waals surface area contributed by atoms with Crippen LogP contribution in [0.25, 0.3) is 10.2 Å². The Morgan fingerprint density at radius 3 is 2.52 bits per heavy atom. The molecular formula is C18H19N3O3S. The van der Waals surface area contributed by atoms with E-state index in [1.165, 1.54) is 25.4 Å². The number of likely N-dealkylation sites (N-methyl/N-ethyl adjacent to an activating group) is 1. The maximum Gasteiger partial charge on any atom is 0.332 e. The van der Waals surface area contributed by atoms with Gasteiger partial charge in [0.05, 0.1) is 5.52 Å². The number of fused-ring (bicyclic) bond motifs is 1. The molecule has 0 saturated carbocycles. The Balaban J connectivity index is 2.04. The highest BCUT2D eigenvalue weighted by Crippen LogP contribution is 2.16. The number of nitrogens with zero attached hydrogens (tertiary/aromatic N) is 3. The predicted molar refractivity (Wildman–Crippen MR) is 100 cm³/mol. The minimum Gasteiger partial charge on any atom is -0.314 e. The lowest BCUT2D eigenvalue weighted by atomic mass is 10.3. The molecule has 0 unspecified atom stereocenters. The number of hydrogen-bond donors (Lipinski definition) is 0. The quantitative estimate of drug-likeness (QED) is 0.704. The monoisotopic (exact) mass is 357 g/mol. The van der Waals surface area contributed by atoms with Crippen LogP contribution in [0.4, 0.5) is 5.69 Å². The summed E-state index contributed by atoms with van der Waals surface area (Å²) in [7, 11) is 1.68. The van der Waals surface area contributed by atoms with E-state index in [4.69, 9.17) is 0 Å². The molecule has 0 atom stereocenters. The normalized spacial score (nSPS) is 11.0. The molecule has 0 aliphatic rings. The molecule has 0 radical (unpaired) electrons. The fourth-order valence-electron chi connectivity index (χ4n) is 2.74. The van der Waals surface area contributed by atoms with Crippen LogP contribution in [-0.2, 0) is 17.9 Å². The van der Waals surface area contributed by atoms with Crippen molar-refractivity contribution in [3.05, 3.63) is 62.6 Å². The Kier molecular flexibility index (Phi) is 4.85. The molecule has 3 rings (SSSR count). The fraction of sp³-hybridized carbons (Fsp3) is 0.278. The zero-order valence-electron chi connectivity index (χ0n) is 14.1. The van der Waals surface area contributed by atoms with Gasteiger partial charge in [0.1, 0.15) is 11.2 Å². The summed E-state index contributed by atoms with van der Waals surface area (Å²) in [4.78, 5) is 39.4. The average Bonchev–Trinajstić information content (AvgIpc) is 3.12. The third-order valence-corrected chi connectivity index (χ3v) is 4.99. The molecule has 7 heteroatoms. The molecule has 0 spiro atoms. The third-order valence-electron chi connectivity index (χ3n) is 4.09. The van der Waals surface area contributed by atoms with E-state index in [9.17, 15) is 14.4 Å². The van der Waals surface area contributed by atoms with Crippen molar-refractivity contribution in [3.63, 3.8) is 0 Å². The lowest BCUT2D eigenvalue weighted by molar-refractivity contribution is -0.118. The minimum atomic E-state index is -0.437. The molecule has 25 heavy (non-hydrogen) atoms. The maximum absolute atomic E-state index is 12.7. The fourth-order valence-corrected chi connectivity index (χ4v) is 3.59. The van der Waals surface area contributed by atoms with Crippen LogP contribution in [0.5, 0.6) is 0 Å². The number of benzene rings is 1. The summed E-state index contributed by atoms with van der Waals surface area (Å²) in [6.45, 7) is 2.14. The summed E-state index contributed by atoms with van der Waals surface area (Å²) < 4.78 is 3.11. The van der Waals surface area contributed by atoms with Crippen LogP contribution in [0.3, 0.4) is 0 Å². The van der Waals surface area contributed by atoms with Crippen LogP contribution in [0.1, 0.15) is 13.3 Å². The lowest BCUT2D eigenvalue weighted by Gasteiger charge is -2.19. The first-order chi connectivity index (χ1) is 12.0. The van der Waals surface area contributed by atoms with E-state index in [1.54, 1.807) is 18.5 Å². The number of rotatable bonds is 5. The average molecular weight is 357 g/mol. The molecule has 0 aliphatic carbocycles. The number of aromatic nitrogens is 2. The van der Waals surface area contributed by atoms with Crippen LogP contribution in [0, 0.1) is 0 Å². The number of para-hydroxylation sites is 1. The number of carbonyl (C=O) groups excluding carboxylic acids is 1. The van der Waals surface area contributed by atoms with E-state index in [0.717, 1.165) is 5.69 Å². The summed E-state index contributed by atoms with van der Waals surface area (Å²) in [5.74, 6) is -0.220. The van der Waals surface area contributed by atoms with E-state index >= 15 is 0 Å². The lowest BCUT2D eigenvalue weighted by Crippen LogP contribution is -2.42. The SMILES string of the molecule is CCCn1c(=O)c2sccc2n(CC(=O)N(C)c2ccccc2)c1=O. The molecule has 3 aromatic rings. The van der Waals surface area contributed by atoms with Gasteiger partial charge in [0, 0.05) is 19.3 Å². The van der Waals surface area contributed by atoms with Crippen molar-refractivity contribution < 1.29 is 4.79 Å². The highest BCUT2D eigenvalue weighted by molar-refractivity contribution is 7.17. The van der Waals surface area contributed by atoms with Crippen LogP contribution >= 0.6 is 11.3 Å². The van der Waals surface area contributed by atoms with Gasteiger partial charge in [-0.05, 0) is 30.0 Å². The van der Waals surface area contributed by atoms with E-state index in [1.807, 2.05) is 37.3 Å². The van der Waals surface area contributed by atoms with Crippen LogP contribution in [0.2, 0.25) is 0 Å². The van der Waals surface area contributed by atoms with E-state index in [2.05, 4.69) is 0 Å². The zero-order chi connectivity index (χ0) is 18.0. The molecule has 0 saturated heterocycles. The molecule has 1 aromatic carbocycles. The van der Waals surface area contributed by atoms with E-state index in [-0.39, 0.29) is 18.0 Å². The van der Waals surface area contributed by atoms with Crippen molar-refractivity contribution >= 4 is 33.1 Å². The van der Waals surface area contributed by atoms with Gasteiger partial charge in [-0.25, -0.2) is 4.79 Å². The third kappa shape index (κ3) is 3.15. The van der Waals surface area contributed by atoms with Gasteiger partial charge in [0.2, 0.25) is 5.91 Å². The first kappa shape index (κ1) is 17.2. The standard InChI is InChI=1S/C18H19N3O3S/c1-3-10-20-17(23)16-14(9-11-25-16)21(18(20)24)12-15(22)19(2)13-7-5-4-6-8-13/h4-9,11H,3,10,12H2,1-2H3. The van der Waals surface area contributed by atoms with Gasteiger partial charge in [-0.3, -0.25) is 18.7 Å². The zero-order valence-corrected chi connectivity index (χ0v) is 15.0. The number of carbonyl (C=O) groups is 1. The highest BCUT2D eigenvalue weighted by atomic mass is 32.1. The van der Waals surface area contributed by atoms with Crippen molar-refractivity contribution in [1.29, 1.82) is 0 Å². The minimum absolute atomic E-state index is 0.110. The largest absolute Gasteiger partial charge is 0.332 e. The molecule has 2 aromatic heterocycles. The molecule has 0 bridgehead atoms. The summed E-state index contributed by atoms with van der Waals surface area (Å²) in [5.41, 5.74) is 0.552. The molecule has 130 valence electrons. The molecular weight excluding hydrogens is 338 g/mol. The molecule has 6 nitrogen and oxygen atoms in total. The summed E-state index contributed by atoms with van der Waals surface area (Å²) >= 11 is 1.29. The van der Waals surface area contributed by atoms with E-state index in [0.29, 0.717) is 23.2 Å². The Bertz CT molecular complexity index is 1020. The second-order valence-electron chi connectivity index (χ2n) is 5.75. The molecule has 0 N–H and O–H groups in total. The van der Waals surface area contributed by atoms with Gasteiger partial charge in [0.25, 0.3) is 5.56 Å². The van der Waals surface area contributed by atoms with Crippen LogP contribution in [-0.4, -0.2) is 22.1 Å². The van der Waals surface area contributed by atoms with Crippen molar-refractivity contribution in [3.8, 4) is 0 Å². The van der Waals surface area contributed by atoms with Gasteiger partial charge < -0.3 is 4.90 Å². The van der Waals surface area contributed by atoms with Crippen molar-refractivity contribution in [2.45, 2.75) is 26.4 Å². The van der Waals surface area contributed by atoms with E-state index < -0.39 is 5.69 Å². The van der Waals surface area contributed by atoms with Gasteiger partial charge >= 0.3 is 5.69 Å². The smallest absolute Gasteiger partial charge is 0.314 e. The van der Waals surface area contributed by atoms with Gasteiger partial charge in [-0.15, -0.1) is 11.3 Å². The number of thiophene rings is 1. The Morgan fingerprint density at radius 2 is 1.84 bits per heavy atom. The van der Waals surface area contributed by atoms with Gasteiger partial charge in [-0.2, -0.15) is 0 Å². The molecule has 1 amide bonds. The maximum atomic E-state index is 12.7. The van der Waals surface area contributed by atoms with Crippen molar-refractivity contribution in [1.82, 2.24) is 9.13 Å². The summed E-state index contributed by atoms with van der Waals surface area (Å²) in [6.07, 6.45) is 0.671. The van der Waals surface area contributed by atoms with Crippen molar-refractivity contribution in [2.75, 3.05) is 11.9 Å². The second kappa shape index (κ2) is 7.06. The first-order valence-electron chi connectivity index (χ1n) is 8.07. The Hall–Kier alpha value is -2.67. The topological polar surface area (TPSA) is 64.3 Å². The molecule has 0 fully saturated rings. The number of anilines is 1. The van der Waals surface area contributed by atoms with Crippen LogP contribution in [0.15, 0.2) is 51.4 Å². The highest BCUT2D eigenvalue weighted by Gasteiger charge is 2.18. The van der Waals surface area contributed by atoms with Crippen molar-refractivity contribution in [2.24, 2.45) is 0 Å².